The Balaban J connectivity index is 2.73. The van der Waals surface area contributed by atoms with Crippen LogP contribution in [-0.2, 0) is 0 Å². The van der Waals surface area contributed by atoms with E-state index in [1.807, 2.05) is 20.0 Å². The smallest absolute Gasteiger partial charge is 0.187 e. The van der Waals surface area contributed by atoms with Crippen molar-refractivity contribution in [1.82, 2.24) is 4.90 Å². The van der Waals surface area contributed by atoms with Gasteiger partial charge in [0.15, 0.2) is 5.41 Å². The Bertz CT molecular complexity index is 594. The number of hydrogen-bond acceptors (Lipinski definition) is 5. The molecular formula is C15H17N5. The van der Waals surface area contributed by atoms with Crippen LogP contribution in [0.25, 0.3) is 0 Å². The SMILES string of the molecule is CCC1C2CN(C)CC=C2C(C#N)=C(N)C1(C#N)C#N. The Morgan fingerprint density at radius 2 is 2.05 bits per heavy atom. The van der Waals surface area contributed by atoms with Gasteiger partial charge in [-0.3, -0.25) is 0 Å². The number of hydrogen-bond donors (Lipinski definition) is 1. The lowest BCUT2D eigenvalue weighted by Crippen LogP contribution is -2.48. The van der Waals surface area contributed by atoms with Crippen LogP contribution in [0.5, 0.6) is 0 Å². The fraction of sp³-hybridized carbons (Fsp3) is 0.533. The van der Waals surface area contributed by atoms with Crippen LogP contribution in [0.4, 0.5) is 0 Å². The molecule has 0 aromatic heterocycles. The Morgan fingerprint density at radius 1 is 1.40 bits per heavy atom. The lowest BCUT2D eigenvalue weighted by atomic mass is 9.59. The largest absolute Gasteiger partial charge is 0.399 e. The average molecular weight is 267 g/mol. The highest BCUT2D eigenvalue weighted by Gasteiger charge is 2.52. The fourth-order valence-electron chi connectivity index (χ4n) is 3.43. The average Bonchev–Trinajstić information content (AvgIpc) is 2.46. The van der Waals surface area contributed by atoms with Gasteiger partial charge in [-0.2, -0.15) is 15.8 Å². The molecule has 5 nitrogen and oxygen atoms in total. The lowest BCUT2D eigenvalue weighted by molar-refractivity contribution is 0.182. The fourth-order valence-corrected chi connectivity index (χ4v) is 3.43. The van der Waals surface area contributed by atoms with Crippen LogP contribution < -0.4 is 5.73 Å². The van der Waals surface area contributed by atoms with Gasteiger partial charge in [0.2, 0.25) is 0 Å². The van der Waals surface area contributed by atoms with E-state index in [9.17, 15) is 15.8 Å². The Morgan fingerprint density at radius 3 is 2.55 bits per heavy atom. The molecule has 102 valence electrons. The van der Waals surface area contributed by atoms with Gasteiger partial charge in [-0.15, -0.1) is 0 Å². The molecule has 5 heteroatoms. The maximum atomic E-state index is 9.55. The molecule has 2 N–H and O–H groups in total. The predicted octanol–water partition coefficient (Wildman–Crippen LogP) is 1.28. The molecule has 0 radical (unpaired) electrons. The molecule has 1 heterocycles. The summed E-state index contributed by atoms with van der Waals surface area (Å²) in [5.41, 5.74) is 6.04. The van der Waals surface area contributed by atoms with E-state index in [-0.39, 0.29) is 17.5 Å². The van der Waals surface area contributed by atoms with E-state index in [1.165, 1.54) is 0 Å². The Labute approximate surface area is 119 Å². The molecule has 2 rings (SSSR count). The van der Waals surface area contributed by atoms with Gasteiger partial charge in [-0.1, -0.05) is 13.0 Å². The maximum absolute atomic E-state index is 9.55. The van der Waals surface area contributed by atoms with Gasteiger partial charge in [0.1, 0.15) is 6.07 Å². The third-order valence-electron chi connectivity index (χ3n) is 4.46. The Hall–Kier alpha value is -2.29. The highest BCUT2D eigenvalue weighted by atomic mass is 15.1. The number of allylic oxidation sites excluding steroid dienone is 2. The van der Waals surface area contributed by atoms with Crippen molar-refractivity contribution in [2.45, 2.75) is 13.3 Å². The van der Waals surface area contributed by atoms with Gasteiger partial charge in [-0.05, 0) is 19.0 Å². The second-order valence-electron chi connectivity index (χ2n) is 5.43. The highest BCUT2D eigenvalue weighted by molar-refractivity contribution is 5.56. The summed E-state index contributed by atoms with van der Waals surface area (Å²) in [6, 6.07) is 6.28. The lowest BCUT2D eigenvalue weighted by Gasteiger charge is -2.44. The first-order valence-electron chi connectivity index (χ1n) is 6.67. The van der Waals surface area contributed by atoms with Crippen molar-refractivity contribution in [2.24, 2.45) is 23.0 Å². The van der Waals surface area contributed by atoms with Crippen LogP contribution in [0.15, 0.2) is 22.9 Å². The molecule has 2 unspecified atom stereocenters. The maximum Gasteiger partial charge on any atom is 0.187 e. The van der Waals surface area contributed by atoms with Crippen molar-refractivity contribution in [3.63, 3.8) is 0 Å². The zero-order valence-electron chi connectivity index (χ0n) is 11.7. The molecule has 0 aromatic carbocycles. The topological polar surface area (TPSA) is 101 Å². The zero-order valence-corrected chi connectivity index (χ0v) is 11.7. The summed E-state index contributed by atoms with van der Waals surface area (Å²) in [6.45, 7) is 3.46. The molecule has 0 fully saturated rings. The third kappa shape index (κ3) is 1.70. The number of nitrogens with zero attached hydrogens (tertiary/aromatic N) is 4. The van der Waals surface area contributed by atoms with Crippen LogP contribution in [0.3, 0.4) is 0 Å². The van der Waals surface area contributed by atoms with Crippen molar-refractivity contribution in [2.75, 3.05) is 20.1 Å². The quantitative estimate of drug-likeness (QED) is 0.771. The molecule has 20 heavy (non-hydrogen) atoms. The van der Waals surface area contributed by atoms with Crippen molar-refractivity contribution in [3.05, 3.63) is 22.9 Å². The molecule has 2 atom stereocenters. The third-order valence-corrected chi connectivity index (χ3v) is 4.46. The van der Waals surface area contributed by atoms with Gasteiger partial charge < -0.3 is 10.6 Å². The van der Waals surface area contributed by atoms with Crippen molar-refractivity contribution in [1.29, 1.82) is 15.8 Å². The second-order valence-corrected chi connectivity index (χ2v) is 5.43. The predicted molar refractivity (Wildman–Crippen MR) is 73.3 cm³/mol. The molecule has 0 spiro atoms. The molecule has 1 aliphatic heterocycles. The first-order chi connectivity index (χ1) is 9.55. The van der Waals surface area contributed by atoms with Gasteiger partial charge in [-0.25, -0.2) is 0 Å². The highest BCUT2D eigenvalue weighted by Crippen LogP contribution is 2.50. The molecular weight excluding hydrogens is 250 g/mol. The van der Waals surface area contributed by atoms with E-state index < -0.39 is 5.41 Å². The summed E-state index contributed by atoms with van der Waals surface area (Å²) in [4.78, 5) is 2.13. The minimum Gasteiger partial charge on any atom is -0.399 e. The monoisotopic (exact) mass is 267 g/mol. The van der Waals surface area contributed by atoms with Crippen LogP contribution in [0, 0.1) is 51.2 Å². The van der Waals surface area contributed by atoms with Crippen LogP contribution in [0.1, 0.15) is 13.3 Å². The van der Waals surface area contributed by atoms with E-state index in [2.05, 4.69) is 23.1 Å². The molecule has 0 saturated heterocycles. The van der Waals surface area contributed by atoms with Gasteiger partial charge >= 0.3 is 0 Å². The molecule has 0 amide bonds. The molecule has 1 aliphatic carbocycles. The number of nitrogens with two attached hydrogens (primary N) is 1. The van der Waals surface area contributed by atoms with E-state index in [4.69, 9.17) is 5.73 Å². The summed E-state index contributed by atoms with van der Waals surface area (Å²) in [6.07, 6.45) is 2.68. The minimum absolute atomic E-state index is 0.0139. The van der Waals surface area contributed by atoms with Gasteiger partial charge in [0, 0.05) is 24.9 Å². The normalized spacial score (nSPS) is 28.6. The number of fused-ring (bicyclic) bond motifs is 1. The molecule has 0 aromatic rings. The van der Waals surface area contributed by atoms with Crippen LogP contribution >= 0.6 is 0 Å². The molecule has 0 saturated carbocycles. The first kappa shape index (κ1) is 14.1. The first-order valence-corrected chi connectivity index (χ1v) is 6.67. The molecule has 2 aliphatic rings. The Kier molecular flexibility index (Phi) is 3.53. The number of rotatable bonds is 1. The van der Waals surface area contributed by atoms with E-state index in [0.717, 1.165) is 18.7 Å². The summed E-state index contributed by atoms with van der Waals surface area (Å²) in [5.74, 6) is -0.163. The second kappa shape index (κ2) is 5.00. The zero-order chi connectivity index (χ0) is 14.9. The van der Waals surface area contributed by atoms with Crippen molar-refractivity contribution in [3.8, 4) is 18.2 Å². The van der Waals surface area contributed by atoms with E-state index in [1.54, 1.807) is 0 Å². The summed E-state index contributed by atoms with van der Waals surface area (Å²) in [5, 5.41) is 28.5. The van der Waals surface area contributed by atoms with Crippen LogP contribution in [-0.4, -0.2) is 25.0 Å². The minimum atomic E-state index is -1.39. The summed E-state index contributed by atoms with van der Waals surface area (Å²) in [7, 11) is 1.99. The van der Waals surface area contributed by atoms with E-state index in [0.29, 0.717) is 12.0 Å². The number of nitriles is 3. The number of likely N-dealkylation sites (N-methyl/N-ethyl adjacent to an activating group) is 1. The van der Waals surface area contributed by atoms with Gasteiger partial charge in [0.05, 0.1) is 23.4 Å². The van der Waals surface area contributed by atoms with E-state index >= 15 is 0 Å². The summed E-state index contributed by atoms with van der Waals surface area (Å²) < 4.78 is 0. The van der Waals surface area contributed by atoms with Gasteiger partial charge in [0.25, 0.3) is 0 Å². The standard InChI is InChI=1S/C15H17N5/c1-3-13-12-7-20(2)5-4-10(12)11(6-16)14(19)15(13,8-17)9-18/h4,12-13H,3,5,7,19H2,1-2H3. The molecule has 0 bridgehead atoms. The van der Waals surface area contributed by atoms with Crippen LogP contribution in [0.2, 0.25) is 0 Å². The summed E-state index contributed by atoms with van der Waals surface area (Å²) >= 11 is 0. The van der Waals surface area contributed by atoms with Crippen molar-refractivity contribution >= 4 is 0 Å². The van der Waals surface area contributed by atoms with Crippen molar-refractivity contribution < 1.29 is 0 Å².